The second-order valence-electron chi connectivity index (χ2n) is 13.4. The molecular weight excluding hydrogens is 570 g/mol. The largest absolute Gasteiger partial charge is 0.411 e. The Morgan fingerprint density at radius 3 is 2.22 bits per heavy atom. The fourth-order valence-electron chi connectivity index (χ4n) is 6.19. The third kappa shape index (κ3) is 10.4. The predicted octanol–water partition coefficient (Wildman–Crippen LogP) is 3.70. The molecule has 2 aromatic carbocycles. The molecule has 0 aromatic heterocycles. The number of carbonyl (C=O) groups is 2. The molecule has 2 saturated heterocycles. The molecule has 2 aromatic rings. The summed E-state index contributed by atoms with van der Waals surface area (Å²) in [5, 5.41) is 23.6. The van der Waals surface area contributed by atoms with Gasteiger partial charge in [0.25, 0.3) is 0 Å². The van der Waals surface area contributed by atoms with Crippen molar-refractivity contribution in [1.29, 1.82) is 0 Å². The number of epoxide rings is 1. The van der Waals surface area contributed by atoms with Crippen molar-refractivity contribution in [3.05, 3.63) is 71.8 Å². The average Bonchev–Trinajstić information content (AvgIpc) is 3.75. The quantitative estimate of drug-likeness (QED) is 0.0740. The SMILES string of the molecule is CC(C)C[C@H](NC(=O)[C@H](Cc1ccccc1)NC(C)(CC(C)c1ccccc1)NC(=O)CN1CCOCC1)/C(=N\O)[C@@]1(C)CO1. The second kappa shape index (κ2) is 15.8. The van der Waals surface area contributed by atoms with Gasteiger partial charge in [0.05, 0.1) is 44.1 Å². The summed E-state index contributed by atoms with van der Waals surface area (Å²) in [5.41, 5.74) is 0.925. The lowest BCUT2D eigenvalue weighted by Crippen LogP contribution is -2.65. The highest BCUT2D eigenvalue weighted by Gasteiger charge is 2.49. The molecule has 4 N–H and O–H groups in total. The van der Waals surface area contributed by atoms with Gasteiger partial charge < -0.3 is 25.3 Å². The van der Waals surface area contributed by atoms with Crippen LogP contribution >= 0.6 is 0 Å². The van der Waals surface area contributed by atoms with Crippen molar-refractivity contribution in [2.75, 3.05) is 39.5 Å². The Labute approximate surface area is 267 Å². The van der Waals surface area contributed by atoms with Gasteiger partial charge in [-0.05, 0) is 56.1 Å². The van der Waals surface area contributed by atoms with Gasteiger partial charge in [0.15, 0.2) is 0 Å². The Bertz CT molecular complexity index is 1260. The topological polar surface area (TPSA) is 128 Å². The van der Waals surface area contributed by atoms with E-state index in [-0.39, 0.29) is 30.2 Å². The van der Waals surface area contributed by atoms with Crippen LogP contribution < -0.4 is 16.0 Å². The van der Waals surface area contributed by atoms with E-state index in [2.05, 4.69) is 58.9 Å². The van der Waals surface area contributed by atoms with Crippen LogP contribution in [0, 0.1) is 5.92 Å². The number of hydrogen-bond donors (Lipinski definition) is 4. The second-order valence-corrected chi connectivity index (χ2v) is 13.4. The smallest absolute Gasteiger partial charge is 0.238 e. The predicted molar refractivity (Wildman–Crippen MR) is 175 cm³/mol. The Morgan fingerprint density at radius 2 is 1.64 bits per heavy atom. The summed E-state index contributed by atoms with van der Waals surface area (Å²) in [4.78, 5) is 29.8. The van der Waals surface area contributed by atoms with Gasteiger partial charge in [0.1, 0.15) is 11.3 Å². The molecule has 10 heteroatoms. The van der Waals surface area contributed by atoms with Crippen molar-refractivity contribution in [3.63, 3.8) is 0 Å². The van der Waals surface area contributed by atoms with Gasteiger partial charge in [0, 0.05) is 13.1 Å². The molecule has 2 heterocycles. The Hall–Kier alpha value is -3.31. The van der Waals surface area contributed by atoms with E-state index in [1.165, 1.54) is 0 Å². The summed E-state index contributed by atoms with van der Waals surface area (Å²) < 4.78 is 11.1. The first-order chi connectivity index (χ1) is 21.5. The van der Waals surface area contributed by atoms with E-state index in [4.69, 9.17) is 9.47 Å². The van der Waals surface area contributed by atoms with Gasteiger partial charge in [-0.1, -0.05) is 86.6 Å². The Balaban J connectivity index is 1.61. The highest BCUT2D eigenvalue weighted by atomic mass is 16.6. The highest BCUT2D eigenvalue weighted by Crippen LogP contribution is 2.31. The Morgan fingerprint density at radius 1 is 1.02 bits per heavy atom. The lowest BCUT2D eigenvalue weighted by molar-refractivity contribution is -0.128. The van der Waals surface area contributed by atoms with Crippen LogP contribution in [0.15, 0.2) is 65.8 Å². The van der Waals surface area contributed by atoms with Gasteiger partial charge in [0.2, 0.25) is 11.8 Å². The molecule has 2 aliphatic heterocycles. The van der Waals surface area contributed by atoms with Crippen LogP contribution in [0.5, 0.6) is 0 Å². The summed E-state index contributed by atoms with van der Waals surface area (Å²) in [6, 6.07) is 18.8. The molecule has 2 amide bonds. The van der Waals surface area contributed by atoms with Gasteiger partial charge in [-0.25, -0.2) is 0 Å². The number of benzene rings is 2. The van der Waals surface area contributed by atoms with E-state index in [9.17, 15) is 14.8 Å². The van der Waals surface area contributed by atoms with Crippen LogP contribution in [-0.4, -0.2) is 90.4 Å². The number of hydrogen-bond acceptors (Lipinski definition) is 8. The summed E-state index contributed by atoms with van der Waals surface area (Å²) in [6.45, 7) is 13.4. The molecule has 2 unspecified atom stereocenters. The number of oxime groups is 1. The minimum Gasteiger partial charge on any atom is -0.411 e. The summed E-state index contributed by atoms with van der Waals surface area (Å²) in [6.07, 6.45) is 1.53. The standard InChI is InChI=1S/C35H51N5O5/c1-25(2)20-29(32(39-43)34(4)24-45-34)36-33(42)30(21-27-12-8-6-9-13-27)37-35(5,22-26(3)28-14-10-7-11-15-28)38-31(41)23-40-16-18-44-19-17-40/h6-15,25-26,29-30,37,43H,16-24H2,1-5H3,(H,36,42)(H,38,41)/b39-32+/t26?,29-,30-,34+,35?/m0/s1. The van der Waals surface area contributed by atoms with Crippen molar-refractivity contribution in [1.82, 2.24) is 20.9 Å². The molecule has 10 nitrogen and oxygen atoms in total. The molecule has 0 bridgehead atoms. The van der Waals surface area contributed by atoms with Crippen LogP contribution in [0.25, 0.3) is 0 Å². The van der Waals surface area contributed by atoms with Crippen molar-refractivity contribution in [2.24, 2.45) is 11.1 Å². The zero-order chi connectivity index (χ0) is 32.5. The third-order valence-corrected chi connectivity index (χ3v) is 8.64. The molecule has 0 spiro atoms. The normalized spacial score (nSPS) is 22.2. The van der Waals surface area contributed by atoms with Crippen molar-refractivity contribution < 1.29 is 24.3 Å². The Kier molecular flexibility index (Phi) is 12.1. The molecular formula is C35H51N5O5. The lowest BCUT2D eigenvalue weighted by atomic mass is 9.89. The third-order valence-electron chi connectivity index (χ3n) is 8.64. The number of amides is 2. The van der Waals surface area contributed by atoms with E-state index in [1.807, 2.05) is 62.4 Å². The number of morpholine rings is 1. The molecule has 0 aliphatic carbocycles. The summed E-state index contributed by atoms with van der Waals surface area (Å²) in [5.74, 6) is -0.0406. The lowest BCUT2D eigenvalue weighted by Gasteiger charge is -2.39. The minimum atomic E-state index is -0.928. The molecule has 5 atom stereocenters. The van der Waals surface area contributed by atoms with E-state index in [0.717, 1.165) is 11.1 Å². The fourth-order valence-corrected chi connectivity index (χ4v) is 6.19. The fraction of sp³-hybridized carbons (Fsp3) is 0.571. The first-order valence-electron chi connectivity index (χ1n) is 16.1. The highest BCUT2D eigenvalue weighted by molar-refractivity contribution is 6.01. The number of rotatable bonds is 16. The maximum atomic E-state index is 14.3. The van der Waals surface area contributed by atoms with Crippen molar-refractivity contribution in [3.8, 4) is 0 Å². The number of ether oxygens (including phenoxy) is 2. The van der Waals surface area contributed by atoms with Crippen LogP contribution in [-0.2, 0) is 25.5 Å². The number of nitrogens with one attached hydrogen (secondary N) is 3. The zero-order valence-corrected chi connectivity index (χ0v) is 27.4. The molecule has 0 saturated carbocycles. The summed E-state index contributed by atoms with van der Waals surface area (Å²) in [7, 11) is 0. The monoisotopic (exact) mass is 621 g/mol. The number of nitrogens with zero attached hydrogens (tertiary/aromatic N) is 2. The van der Waals surface area contributed by atoms with Crippen molar-refractivity contribution >= 4 is 17.5 Å². The molecule has 2 fully saturated rings. The van der Waals surface area contributed by atoms with E-state index in [0.29, 0.717) is 57.9 Å². The summed E-state index contributed by atoms with van der Waals surface area (Å²) >= 11 is 0. The van der Waals surface area contributed by atoms with Gasteiger partial charge >= 0.3 is 0 Å². The minimum absolute atomic E-state index is 0.0848. The first-order valence-corrected chi connectivity index (χ1v) is 16.1. The van der Waals surface area contributed by atoms with E-state index in [1.54, 1.807) is 0 Å². The maximum Gasteiger partial charge on any atom is 0.238 e. The average molecular weight is 622 g/mol. The van der Waals surface area contributed by atoms with Crippen LogP contribution in [0.3, 0.4) is 0 Å². The van der Waals surface area contributed by atoms with E-state index >= 15 is 0 Å². The van der Waals surface area contributed by atoms with E-state index < -0.39 is 23.3 Å². The van der Waals surface area contributed by atoms with Gasteiger partial charge in [-0.15, -0.1) is 0 Å². The van der Waals surface area contributed by atoms with Gasteiger partial charge in [-0.2, -0.15) is 0 Å². The zero-order valence-electron chi connectivity index (χ0n) is 27.4. The maximum absolute atomic E-state index is 14.3. The molecule has 45 heavy (non-hydrogen) atoms. The molecule has 246 valence electrons. The van der Waals surface area contributed by atoms with Crippen LogP contribution in [0.2, 0.25) is 0 Å². The van der Waals surface area contributed by atoms with Crippen molar-refractivity contribution in [2.45, 2.75) is 83.1 Å². The molecule has 0 radical (unpaired) electrons. The van der Waals surface area contributed by atoms with Crippen LogP contribution in [0.4, 0.5) is 0 Å². The van der Waals surface area contributed by atoms with Crippen LogP contribution in [0.1, 0.15) is 64.5 Å². The number of carbonyl (C=O) groups excluding carboxylic acids is 2. The molecule has 4 rings (SSSR count). The van der Waals surface area contributed by atoms with Gasteiger partial charge in [-0.3, -0.25) is 19.8 Å². The molecule has 2 aliphatic rings. The first kappa shape index (κ1) is 34.6.